The van der Waals surface area contributed by atoms with E-state index in [-0.39, 0.29) is 5.56 Å². The van der Waals surface area contributed by atoms with Gasteiger partial charge < -0.3 is 15.2 Å². The average Bonchev–Trinajstić information content (AvgIpc) is 2.22. The van der Waals surface area contributed by atoms with Gasteiger partial charge in [0.05, 0.1) is 6.33 Å². The molecule has 0 spiro atoms. The highest BCUT2D eigenvalue weighted by Crippen LogP contribution is 2.18. The first-order valence-electron chi connectivity index (χ1n) is 5.65. The van der Waals surface area contributed by atoms with Crippen molar-refractivity contribution in [3.63, 3.8) is 0 Å². The Morgan fingerprint density at radius 1 is 1.62 bits per heavy atom. The van der Waals surface area contributed by atoms with Crippen molar-refractivity contribution in [2.24, 2.45) is 5.92 Å². The van der Waals surface area contributed by atoms with Gasteiger partial charge in [0.15, 0.2) is 0 Å². The highest BCUT2D eigenvalue weighted by molar-refractivity contribution is 5.33. The van der Waals surface area contributed by atoms with Crippen molar-refractivity contribution in [2.75, 3.05) is 25.5 Å². The summed E-state index contributed by atoms with van der Waals surface area (Å²) in [6.07, 6.45) is 2.52. The zero-order valence-corrected chi connectivity index (χ0v) is 9.73. The molecule has 1 aliphatic rings. The van der Waals surface area contributed by atoms with Gasteiger partial charge in [-0.05, 0) is 25.9 Å². The molecule has 88 valence electrons. The van der Waals surface area contributed by atoms with Crippen LogP contribution in [-0.2, 0) is 0 Å². The summed E-state index contributed by atoms with van der Waals surface area (Å²) < 4.78 is 0. The van der Waals surface area contributed by atoms with Crippen LogP contribution < -0.4 is 10.9 Å². The molecule has 0 radical (unpaired) electrons. The SMILES string of the molecule is CC1CN(C)CCC1Nc1cc(=O)[nH]cn1. The summed E-state index contributed by atoms with van der Waals surface area (Å²) in [7, 11) is 2.14. The summed E-state index contributed by atoms with van der Waals surface area (Å²) in [5.41, 5.74) is -0.113. The Kier molecular flexibility index (Phi) is 3.24. The zero-order valence-electron chi connectivity index (χ0n) is 9.73. The van der Waals surface area contributed by atoms with Gasteiger partial charge in [0.1, 0.15) is 5.82 Å². The molecule has 0 saturated carbocycles. The maximum absolute atomic E-state index is 11.1. The van der Waals surface area contributed by atoms with Crippen LogP contribution in [0.15, 0.2) is 17.2 Å². The second-order valence-corrected chi connectivity index (χ2v) is 4.58. The smallest absolute Gasteiger partial charge is 0.252 e. The van der Waals surface area contributed by atoms with Crippen molar-refractivity contribution in [3.8, 4) is 0 Å². The Hall–Kier alpha value is -1.36. The second kappa shape index (κ2) is 4.65. The summed E-state index contributed by atoms with van der Waals surface area (Å²) in [5, 5.41) is 3.33. The van der Waals surface area contributed by atoms with E-state index in [1.54, 1.807) is 0 Å². The van der Waals surface area contributed by atoms with Crippen molar-refractivity contribution >= 4 is 5.82 Å². The maximum Gasteiger partial charge on any atom is 0.252 e. The molecule has 0 aliphatic carbocycles. The quantitative estimate of drug-likeness (QED) is 0.766. The van der Waals surface area contributed by atoms with Crippen molar-refractivity contribution in [1.82, 2.24) is 14.9 Å². The molecule has 0 aromatic carbocycles. The van der Waals surface area contributed by atoms with Crippen LogP contribution in [0.5, 0.6) is 0 Å². The molecule has 1 aromatic heterocycles. The second-order valence-electron chi connectivity index (χ2n) is 4.58. The first kappa shape index (κ1) is 11.1. The minimum atomic E-state index is -0.113. The van der Waals surface area contributed by atoms with Gasteiger partial charge in [-0.1, -0.05) is 6.92 Å². The monoisotopic (exact) mass is 222 g/mol. The van der Waals surface area contributed by atoms with Crippen molar-refractivity contribution in [1.29, 1.82) is 0 Å². The van der Waals surface area contributed by atoms with Gasteiger partial charge in [0, 0.05) is 18.7 Å². The lowest BCUT2D eigenvalue weighted by atomic mass is 9.94. The summed E-state index contributed by atoms with van der Waals surface area (Å²) >= 11 is 0. The van der Waals surface area contributed by atoms with Crippen LogP contribution in [0.4, 0.5) is 5.82 Å². The van der Waals surface area contributed by atoms with Crippen LogP contribution in [0.1, 0.15) is 13.3 Å². The molecule has 1 aromatic rings. The van der Waals surface area contributed by atoms with Gasteiger partial charge in [-0.15, -0.1) is 0 Å². The molecule has 5 nitrogen and oxygen atoms in total. The molecule has 2 N–H and O–H groups in total. The Bertz CT molecular complexity index is 403. The molecule has 1 aliphatic heterocycles. The first-order valence-corrected chi connectivity index (χ1v) is 5.65. The predicted octanol–water partition coefficient (Wildman–Crippen LogP) is 0.522. The van der Waals surface area contributed by atoms with Crippen molar-refractivity contribution in [2.45, 2.75) is 19.4 Å². The highest BCUT2D eigenvalue weighted by Gasteiger charge is 2.24. The normalized spacial score (nSPS) is 26.6. The van der Waals surface area contributed by atoms with E-state index in [0.717, 1.165) is 19.5 Å². The number of hydrogen-bond donors (Lipinski definition) is 2. The topological polar surface area (TPSA) is 61.0 Å². The number of nitrogens with zero attached hydrogens (tertiary/aromatic N) is 2. The van der Waals surface area contributed by atoms with Crippen LogP contribution in [0.25, 0.3) is 0 Å². The standard InChI is InChI=1S/C11H18N4O/c1-8-6-15(2)4-3-9(8)14-10-5-11(16)13-7-12-10/h5,7-9H,3-4,6H2,1-2H3,(H2,12,13,14,16). The summed E-state index contributed by atoms with van der Waals surface area (Å²) in [6.45, 7) is 4.40. The third-order valence-electron chi connectivity index (χ3n) is 3.12. The lowest BCUT2D eigenvalue weighted by molar-refractivity contribution is 0.206. The lowest BCUT2D eigenvalue weighted by Crippen LogP contribution is -2.43. The fourth-order valence-electron chi connectivity index (χ4n) is 2.21. The van der Waals surface area contributed by atoms with E-state index in [4.69, 9.17) is 0 Å². The predicted molar refractivity (Wildman–Crippen MR) is 63.5 cm³/mol. The molecule has 1 fully saturated rings. The Balaban J connectivity index is 2.02. The summed E-state index contributed by atoms with van der Waals surface area (Å²) in [5.74, 6) is 1.24. The van der Waals surface area contributed by atoms with E-state index < -0.39 is 0 Å². The molecule has 16 heavy (non-hydrogen) atoms. The molecule has 5 heteroatoms. The summed E-state index contributed by atoms with van der Waals surface area (Å²) in [4.78, 5) is 20.1. The fourth-order valence-corrected chi connectivity index (χ4v) is 2.21. The van der Waals surface area contributed by atoms with E-state index >= 15 is 0 Å². The van der Waals surface area contributed by atoms with Crippen LogP contribution >= 0.6 is 0 Å². The van der Waals surface area contributed by atoms with Gasteiger partial charge in [0.2, 0.25) is 0 Å². The minimum absolute atomic E-state index is 0.113. The van der Waals surface area contributed by atoms with Gasteiger partial charge in [-0.25, -0.2) is 4.98 Å². The third-order valence-corrected chi connectivity index (χ3v) is 3.12. The molecule has 0 bridgehead atoms. The van der Waals surface area contributed by atoms with E-state index in [9.17, 15) is 4.79 Å². The van der Waals surface area contributed by atoms with E-state index in [2.05, 4.69) is 34.2 Å². The van der Waals surface area contributed by atoms with Crippen molar-refractivity contribution < 1.29 is 0 Å². The van der Waals surface area contributed by atoms with Crippen LogP contribution in [0.3, 0.4) is 0 Å². The molecule has 2 rings (SSSR count). The Morgan fingerprint density at radius 3 is 3.12 bits per heavy atom. The fraction of sp³-hybridized carbons (Fsp3) is 0.636. The van der Waals surface area contributed by atoms with Crippen LogP contribution in [-0.4, -0.2) is 41.0 Å². The van der Waals surface area contributed by atoms with Gasteiger partial charge in [-0.3, -0.25) is 4.79 Å². The van der Waals surface area contributed by atoms with Crippen LogP contribution in [0.2, 0.25) is 0 Å². The van der Waals surface area contributed by atoms with E-state index in [0.29, 0.717) is 17.8 Å². The third kappa shape index (κ3) is 2.61. The summed E-state index contributed by atoms with van der Waals surface area (Å²) in [6, 6.07) is 1.91. The Morgan fingerprint density at radius 2 is 2.44 bits per heavy atom. The average molecular weight is 222 g/mol. The van der Waals surface area contributed by atoms with E-state index in [1.165, 1.54) is 12.4 Å². The molecule has 2 unspecified atom stereocenters. The Labute approximate surface area is 94.9 Å². The molecule has 1 saturated heterocycles. The number of aromatic nitrogens is 2. The number of hydrogen-bond acceptors (Lipinski definition) is 4. The largest absolute Gasteiger partial charge is 0.367 e. The maximum atomic E-state index is 11.1. The molecule has 2 heterocycles. The number of piperidine rings is 1. The molecular weight excluding hydrogens is 204 g/mol. The van der Waals surface area contributed by atoms with Gasteiger partial charge in [-0.2, -0.15) is 0 Å². The van der Waals surface area contributed by atoms with Gasteiger partial charge in [0.25, 0.3) is 5.56 Å². The highest BCUT2D eigenvalue weighted by atomic mass is 16.1. The zero-order chi connectivity index (χ0) is 11.5. The number of likely N-dealkylation sites (tertiary alicyclic amines) is 1. The minimum Gasteiger partial charge on any atom is -0.367 e. The lowest BCUT2D eigenvalue weighted by Gasteiger charge is -2.35. The molecule has 0 amide bonds. The van der Waals surface area contributed by atoms with Crippen LogP contribution in [0, 0.1) is 5.92 Å². The van der Waals surface area contributed by atoms with Crippen molar-refractivity contribution in [3.05, 3.63) is 22.7 Å². The number of nitrogens with one attached hydrogen (secondary N) is 2. The number of rotatable bonds is 2. The number of H-pyrrole nitrogens is 1. The molecular formula is C11H18N4O. The number of aromatic amines is 1. The van der Waals surface area contributed by atoms with E-state index in [1.807, 2.05) is 0 Å². The van der Waals surface area contributed by atoms with Gasteiger partial charge >= 0.3 is 0 Å². The molecule has 2 atom stereocenters. The first-order chi connectivity index (χ1) is 7.65. The number of anilines is 1.